The van der Waals surface area contributed by atoms with Gasteiger partial charge >= 0.3 is 5.76 Å². The van der Waals surface area contributed by atoms with Gasteiger partial charge in [-0.2, -0.15) is 0 Å². The second-order valence-electron chi connectivity index (χ2n) is 6.52. The van der Waals surface area contributed by atoms with Crippen molar-refractivity contribution in [2.75, 3.05) is 0 Å². The lowest BCUT2D eigenvalue weighted by molar-refractivity contribution is 0.0988. The SMILES string of the molecule is Cc1nc2ccc(Oc3c(Cl)cc(CC(=O)c4coc(=O)[nH]4)cc3Cl)cc2n1C. The van der Waals surface area contributed by atoms with Crippen molar-refractivity contribution in [2.24, 2.45) is 7.05 Å². The van der Waals surface area contributed by atoms with Gasteiger partial charge in [-0.1, -0.05) is 23.2 Å². The fourth-order valence-corrected chi connectivity index (χ4v) is 3.59. The molecular formula is C20H15Cl2N3O4. The van der Waals surface area contributed by atoms with Crippen LogP contribution in [0.15, 0.2) is 45.8 Å². The molecule has 29 heavy (non-hydrogen) atoms. The third-order valence-electron chi connectivity index (χ3n) is 4.54. The van der Waals surface area contributed by atoms with Gasteiger partial charge in [0.25, 0.3) is 0 Å². The molecule has 0 radical (unpaired) electrons. The highest BCUT2D eigenvalue weighted by Crippen LogP contribution is 2.38. The van der Waals surface area contributed by atoms with Gasteiger partial charge in [0.15, 0.2) is 11.5 Å². The number of fused-ring (bicyclic) bond motifs is 1. The first-order valence-corrected chi connectivity index (χ1v) is 9.37. The Morgan fingerprint density at radius 3 is 2.62 bits per heavy atom. The molecule has 0 saturated carbocycles. The largest absolute Gasteiger partial charge is 0.454 e. The average Bonchev–Trinajstić information content (AvgIpc) is 3.22. The highest BCUT2D eigenvalue weighted by atomic mass is 35.5. The molecule has 0 saturated heterocycles. The Kier molecular flexibility index (Phi) is 4.94. The number of imidazole rings is 1. The molecule has 0 atom stereocenters. The van der Waals surface area contributed by atoms with Crippen molar-refractivity contribution in [1.29, 1.82) is 0 Å². The number of hydrogen-bond donors (Lipinski definition) is 1. The molecule has 0 aliphatic carbocycles. The van der Waals surface area contributed by atoms with Crippen LogP contribution < -0.4 is 10.5 Å². The molecule has 9 heteroatoms. The van der Waals surface area contributed by atoms with Crippen molar-refractivity contribution >= 4 is 40.0 Å². The van der Waals surface area contributed by atoms with E-state index < -0.39 is 5.76 Å². The number of carbonyl (C=O) groups excluding carboxylic acids is 1. The second kappa shape index (κ2) is 7.42. The van der Waals surface area contributed by atoms with Gasteiger partial charge in [0.2, 0.25) is 0 Å². The van der Waals surface area contributed by atoms with E-state index >= 15 is 0 Å². The lowest BCUT2D eigenvalue weighted by Gasteiger charge is -2.12. The van der Waals surface area contributed by atoms with E-state index in [2.05, 4.69) is 14.4 Å². The molecule has 2 heterocycles. The third kappa shape index (κ3) is 3.79. The van der Waals surface area contributed by atoms with Gasteiger partial charge in [-0.3, -0.25) is 9.78 Å². The minimum Gasteiger partial charge on any atom is -0.454 e. The van der Waals surface area contributed by atoms with Crippen molar-refractivity contribution in [3.63, 3.8) is 0 Å². The molecule has 4 aromatic rings. The molecular weight excluding hydrogens is 417 g/mol. The molecule has 0 aliphatic heterocycles. The quantitative estimate of drug-likeness (QED) is 0.463. The first-order chi connectivity index (χ1) is 13.8. The number of aromatic nitrogens is 3. The first-order valence-electron chi connectivity index (χ1n) is 8.61. The van der Waals surface area contributed by atoms with Crippen molar-refractivity contribution in [1.82, 2.24) is 14.5 Å². The molecule has 0 spiro atoms. The highest BCUT2D eigenvalue weighted by molar-refractivity contribution is 6.37. The normalized spacial score (nSPS) is 11.2. The molecule has 4 rings (SSSR count). The predicted molar refractivity (Wildman–Crippen MR) is 109 cm³/mol. The second-order valence-corrected chi connectivity index (χ2v) is 7.34. The van der Waals surface area contributed by atoms with E-state index in [1.54, 1.807) is 18.2 Å². The number of oxazole rings is 1. The van der Waals surface area contributed by atoms with Crippen LogP contribution in [-0.2, 0) is 13.5 Å². The summed E-state index contributed by atoms with van der Waals surface area (Å²) in [5.74, 6) is 0.729. The van der Waals surface area contributed by atoms with Gasteiger partial charge in [0.1, 0.15) is 23.5 Å². The number of carbonyl (C=O) groups is 1. The van der Waals surface area contributed by atoms with E-state index in [-0.39, 0.29) is 27.9 Å². The molecule has 148 valence electrons. The zero-order chi connectivity index (χ0) is 20.7. The van der Waals surface area contributed by atoms with Gasteiger partial charge in [-0.15, -0.1) is 0 Å². The number of rotatable bonds is 5. The van der Waals surface area contributed by atoms with Crippen LogP contribution in [0.5, 0.6) is 11.5 Å². The number of ketones is 1. The Morgan fingerprint density at radius 2 is 1.97 bits per heavy atom. The minimum atomic E-state index is -0.686. The summed E-state index contributed by atoms with van der Waals surface area (Å²) in [5, 5.41) is 0.532. The lowest BCUT2D eigenvalue weighted by atomic mass is 10.1. The summed E-state index contributed by atoms with van der Waals surface area (Å²) in [6, 6.07) is 8.71. The van der Waals surface area contributed by atoms with Crippen LogP contribution in [0.1, 0.15) is 21.9 Å². The molecule has 2 aromatic carbocycles. The topological polar surface area (TPSA) is 90.1 Å². The highest BCUT2D eigenvalue weighted by Gasteiger charge is 2.16. The average molecular weight is 432 g/mol. The van der Waals surface area contributed by atoms with E-state index in [1.165, 1.54) is 0 Å². The van der Waals surface area contributed by atoms with Crippen molar-refractivity contribution in [3.8, 4) is 11.5 Å². The Hall–Kier alpha value is -3.03. The number of aromatic amines is 1. The molecule has 1 N–H and O–H groups in total. The van der Waals surface area contributed by atoms with Crippen LogP contribution in [0.4, 0.5) is 0 Å². The Bertz CT molecular complexity index is 1280. The Morgan fingerprint density at radius 1 is 1.24 bits per heavy atom. The molecule has 0 amide bonds. The van der Waals surface area contributed by atoms with Gasteiger partial charge < -0.3 is 13.7 Å². The van der Waals surface area contributed by atoms with Crippen LogP contribution in [0.25, 0.3) is 11.0 Å². The Balaban J connectivity index is 1.59. The van der Waals surface area contributed by atoms with Crippen LogP contribution in [0.2, 0.25) is 10.0 Å². The fraction of sp³-hybridized carbons (Fsp3) is 0.150. The summed E-state index contributed by atoms with van der Waals surface area (Å²) >= 11 is 12.7. The molecule has 0 bridgehead atoms. The lowest BCUT2D eigenvalue weighted by Crippen LogP contribution is -2.07. The maximum absolute atomic E-state index is 12.2. The summed E-state index contributed by atoms with van der Waals surface area (Å²) in [6.45, 7) is 1.92. The van der Waals surface area contributed by atoms with E-state index in [0.717, 1.165) is 23.1 Å². The standard InChI is InChI=1S/C20H15Cl2N3O4/c1-10-23-15-4-3-12(8-17(15)25(10)2)29-19-13(21)5-11(6-14(19)22)7-18(26)16-9-28-20(27)24-16/h3-6,8-9H,7H2,1-2H3,(H,24,27). The van der Waals surface area contributed by atoms with Gasteiger partial charge in [0.05, 0.1) is 21.1 Å². The molecule has 7 nitrogen and oxygen atoms in total. The minimum absolute atomic E-state index is 0.00452. The zero-order valence-corrected chi connectivity index (χ0v) is 17.0. The predicted octanol–water partition coefficient (Wildman–Crippen LogP) is 4.69. The summed E-state index contributed by atoms with van der Waals surface area (Å²) < 4.78 is 12.5. The van der Waals surface area contributed by atoms with Crippen LogP contribution in [0.3, 0.4) is 0 Å². The van der Waals surface area contributed by atoms with Gasteiger partial charge in [-0.05, 0) is 36.8 Å². The van der Waals surface area contributed by atoms with Gasteiger partial charge in [0, 0.05) is 19.5 Å². The summed E-state index contributed by atoms with van der Waals surface area (Å²) in [6.07, 6.45) is 1.08. The van der Waals surface area contributed by atoms with Crippen molar-refractivity contribution in [2.45, 2.75) is 13.3 Å². The number of benzene rings is 2. The van der Waals surface area contributed by atoms with Crippen LogP contribution in [-0.4, -0.2) is 20.3 Å². The number of aryl methyl sites for hydroxylation is 2. The van der Waals surface area contributed by atoms with E-state index in [0.29, 0.717) is 17.1 Å². The maximum atomic E-state index is 12.2. The van der Waals surface area contributed by atoms with Crippen molar-refractivity contribution < 1.29 is 13.9 Å². The van der Waals surface area contributed by atoms with Crippen LogP contribution >= 0.6 is 23.2 Å². The first kappa shape index (κ1) is 19.3. The van der Waals surface area contributed by atoms with E-state index in [9.17, 15) is 9.59 Å². The molecule has 0 unspecified atom stereocenters. The zero-order valence-electron chi connectivity index (χ0n) is 15.5. The number of H-pyrrole nitrogens is 1. The number of nitrogens with zero attached hydrogens (tertiary/aromatic N) is 2. The maximum Gasteiger partial charge on any atom is 0.416 e. The van der Waals surface area contributed by atoms with E-state index in [1.807, 2.05) is 30.7 Å². The van der Waals surface area contributed by atoms with Gasteiger partial charge in [-0.25, -0.2) is 9.78 Å². The number of nitrogens with one attached hydrogen (secondary N) is 1. The summed E-state index contributed by atoms with van der Waals surface area (Å²) in [7, 11) is 1.92. The van der Waals surface area contributed by atoms with Crippen molar-refractivity contribution in [3.05, 3.63) is 74.3 Å². The molecule has 2 aromatic heterocycles. The monoisotopic (exact) mass is 431 g/mol. The number of Topliss-reactive ketones (excluding diaryl/α,β-unsaturated/α-hetero) is 1. The summed E-state index contributed by atoms with van der Waals surface area (Å²) in [5.41, 5.74) is 2.45. The third-order valence-corrected chi connectivity index (χ3v) is 5.10. The number of halogens is 2. The van der Waals surface area contributed by atoms with Crippen LogP contribution in [0, 0.1) is 6.92 Å². The fourth-order valence-electron chi connectivity index (χ4n) is 2.98. The molecule has 0 fully saturated rings. The Labute approximate surface area is 174 Å². The molecule has 0 aliphatic rings. The number of hydrogen-bond acceptors (Lipinski definition) is 5. The van der Waals surface area contributed by atoms with E-state index in [4.69, 9.17) is 27.9 Å². The summed E-state index contributed by atoms with van der Waals surface area (Å²) in [4.78, 5) is 30.0. The smallest absolute Gasteiger partial charge is 0.416 e. The number of ether oxygens (including phenoxy) is 1.